The van der Waals surface area contributed by atoms with E-state index in [1.165, 1.54) is 0 Å². The first-order valence-electron chi connectivity index (χ1n) is 4.77. The number of carbonyl (C=O) groups excluding carboxylic acids is 1. The summed E-state index contributed by atoms with van der Waals surface area (Å²) in [4.78, 5) is 15.4. The van der Waals surface area contributed by atoms with Crippen LogP contribution in [0.25, 0.3) is 0 Å². The van der Waals surface area contributed by atoms with Crippen molar-refractivity contribution in [2.45, 2.75) is 6.42 Å². The van der Waals surface area contributed by atoms with E-state index in [4.69, 9.17) is 0 Å². The number of hydrogen-bond donors (Lipinski definition) is 2. The van der Waals surface area contributed by atoms with Crippen molar-refractivity contribution in [3.63, 3.8) is 0 Å². The molecule has 2 heterocycles. The van der Waals surface area contributed by atoms with E-state index in [9.17, 15) is 4.79 Å². The average molecular weight is 218 g/mol. The highest BCUT2D eigenvalue weighted by Crippen LogP contribution is 1.95. The molecule has 0 unspecified atom stereocenters. The lowest BCUT2D eigenvalue weighted by Gasteiger charge is -2.02. The smallest absolute Gasteiger partial charge is 0.251 e. The number of pyridine rings is 1. The van der Waals surface area contributed by atoms with Gasteiger partial charge in [-0.15, -0.1) is 10.2 Å². The van der Waals surface area contributed by atoms with Gasteiger partial charge in [-0.1, -0.05) is 5.21 Å². The Bertz CT molecular complexity index is 440. The van der Waals surface area contributed by atoms with Gasteiger partial charge in [-0.05, 0) is 12.1 Å². The Morgan fingerprint density at radius 3 is 2.88 bits per heavy atom. The van der Waals surface area contributed by atoms with E-state index >= 15 is 0 Å². The van der Waals surface area contributed by atoms with Crippen molar-refractivity contribution in [2.24, 2.45) is 0 Å². The number of aromatic amines is 1. The molecule has 0 saturated heterocycles. The molecule has 0 bridgehead atoms. The molecule has 0 aliphatic carbocycles. The molecule has 1 amide bonds. The summed E-state index contributed by atoms with van der Waals surface area (Å²) < 4.78 is 0. The molecule has 7 heteroatoms. The minimum absolute atomic E-state index is 0.133. The molecule has 0 atom stereocenters. The van der Waals surface area contributed by atoms with Gasteiger partial charge in [0.15, 0.2) is 5.82 Å². The fourth-order valence-corrected chi connectivity index (χ4v) is 1.18. The monoisotopic (exact) mass is 218 g/mol. The first-order valence-corrected chi connectivity index (χ1v) is 4.77. The van der Waals surface area contributed by atoms with Gasteiger partial charge in [-0.2, -0.15) is 5.21 Å². The van der Waals surface area contributed by atoms with Crippen molar-refractivity contribution in [3.05, 3.63) is 35.9 Å². The zero-order chi connectivity index (χ0) is 11.2. The minimum Gasteiger partial charge on any atom is -0.352 e. The highest BCUT2D eigenvalue weighted by Gasteiger charge is 2.04. The van der Waals surface area contributed by atoms with E-state index in [0.29, 0.717) is 24.4 Å². The Morgan fingerprint density at radius 1 is 1.38 bits per heavy atom. The standard InChI is InChI=1S/C9H10N6O/c16-9(7-1-4-10-5-2-7)11-6-3-8-12-14-15-13-8/h1-2,4-5H,3,6H2,(H,11,16)(H,12,13,14,15). The van der Waals surface area contributed by atoms with E-state index in [-0.39, 0.29) is 5.91 Å². The zero-order valence-electron chi connectivity index (χ0n) is 8.42. The largest absolute Gasteiger partial charge is 0.352 e. The van der Waals surface area contributed by atoms with E-state index in [0.717, 1.165) is 0 Å². The number of aromatic nitrogens is 5. The van der Waals surface area contributed by atoms with Gasteiger partial charge < -0.3 is 5.32 Å². The van der Waals surface area contributed by atoms with Crippen molar-refractivity contribution in [1.29, 1.82) is 0 Å². The number of nitrogens with one attached hydrogen (secondary N) is 2. The third-order valence-corrected chi connectivity index (χ3v) is 1.97. The van der Waals surface area contributed by atoms with E-state index in [1.54, 1.807) is 24.5 Å². The summed E-state index contributed by atoms with van der Waals surface area (Å²) >= 11 is 0. The fraction of sp³-hybridized carbons (Fsp3) is 0.222. The maximum atomic E-state index is 11.6. The number of nitrogens with zero attached hydrogens (tertiary/aromatic N) is 4. The molecule has 2 rings (SSSR count). The first kappa shape index (κ1) is 10.2. The molecule has 0 saturated carbocycles. The maximum absolute atomic E-state index is 11.6. The molecule has 0 fully saturated rings. The van der Waals surface area contributed by atoms with E-state index < -0.39 is 0 Å². The number of H-pyrrole nitrogens is 1. The maximum Gasteiger partial charge on any atom is 0.251 e. The van der Waals surface area contributed by atoms with Crippen molar-refractivity contribution < 1.29 is 4.79 Å². The summed E-state index contributed by atoms with van der Waals surface area (Å²) in [5, 5.41) is 16.1. The lowest BCUT2D eigenvalue weighted by Crippen LogP contribution is -2.25. The Kier molecular flexibility index (Phi) is 3.17. The van der Waals surface area contributed by atoms with Crippen LogP contribution in [0.3, 0.4) is 0 Å². The van der Waals surface area contributed by atoms with Gasteiger partial charge >= 0.3 is 0 Å². The summed E-state index contributed by atoms with van der Waals surface area (Å²) in [7, 11) is 0. The second kappa shape index (κ2) is 4.96. The molecule has 2 N–H and O–H groups in total. The van der Waals surface area contributed by atoms with Gasteiger partial charge in [-0.25, -0.2) is 0 Å². The molecule has 7 nitrogen and oxygen atoms in total. The van der Waals surface area contributed by atoms with Crippen LogP contribution < -0.4 is 5.32 Å². The van der Waals surface area contributed by atoms with Gasteiger partial charge in [-0.3, -0.25) is 9.78 Å². The molecule has 0 spiro atoms. The summed E-state index contributed by atoms with van der Waals surface area (Å²) in [6, 6.07) is 3.31. The average Bonchev–Trinajstić information content (AvgIpc) is 2.83. The van der Waals surface area contributed by atoms with Crippen LogP contribution in [-0.2, 0) is 6.42 Å². The van der Waals surface area contributed by atoms with E-state index in [2.05, 4.69) is 30.9 Å². The third kappa shape index (κ3) is 2.59. The van der Waals surface area contributed by atoms with E-state index in [1.807, 2.05) is 0 Å². The fourth-order valence-electron chi connectivity index (χ4n) is 1.18. The molecule has 82 valence electrons. The minimum atomic E-state index is -0.133. The molecule has 0 aromatic carbocycles. The second-order valence-corrected chi connectivity index (χ2v) is 3.07. The Labute approximate surface area is 91.3 Å². The number of amides is 1. The predicted molar refractivity (Wildman–Crippen MR) is 54.5 cm³/mol. The summed E-state index contributed by atoms with van der Waals surface area (Å²) in [5.74, 6) is 0.445. The van der Waals surface area contributed by atoms with Gasteiger partial charge in [0, 0.05) is 30.9 Å². The highest BCUT2D eigenvalue weighted by molar-refractivity contribution is 5.93. The molecule has 0 aliphatic rings. The molecular weight excluding hydrogens is 208 g/mol. The van der Waals surface area contributed by atoms with Crippen LogP contribution in [0.5, 0.6) is 0 Å². The molecule has 2 aromatic heterocycles. The number of tetrazole rings is 1. The van der Waals surface area contributed by atoms with Crippen LogP contribution in [0.4, 0.5) is 0 Å². The quantitative estimate of drug-likeness (QED) is 0.725. The topological polar surface area (TPSA) is 96.5 Å². The second-order valence-electron chi connectivity index (χ2n) is 3.07. The van der Waals surface area contributed by atoms with Gasteiger partial charge in [0.1, 0.15) is 0 Å². The number of hydrogen-bond acceptors (Lipinski definition) is 5. The summed E-state index contributed by atoms with van der Waals surface area (Å²) in [5.41, 5.74) is 0.586. The third-order valence-electron chi connectivity index (χ3n) is 1.97. The SMILES string of the molecule is O=C(NCCc1nn[nH]n1)c1ccncc1. The van der Waals surface area contributed by atoms with Crippen LogP contribution in [0.15, 0.2) is 24.5 Å². The Morgan fingerprint density at radius 2 is 2.19 bits per heavy atom. The lowest BCUT2D eigenvalue weighted by atomic mass is 10.2. The predicted octanol–water partition coefficient (Wildman–Crippen LogP) is -0.433. The molecule has 0 aliphatic heterocycles. The molecule has 2 aromatic rings. The van der Waals surface area contributed by atoms with Crippen molar-refractivity contribution in [2.75, 3.05) is 6.54 Å². The van der Waals surface area contributed by atoms with Crippen LogP contribution in [0, 0.1) is 0 Å². The Hall–Kier alpha value is -2.31. The Balaban J connectivity index is 1.81. The highest BCUT2D eigenvalue weighted by atomic mass is 16.1. The summed E-state index contributed by atoms with van der Waals surface area (Å²) in [6.07, 6.45) is 3.70. The van der Waals surface area contributed by atoms with Gasteiger partial charge in [0.2, 0.25) is 0 Å². The van der Waals surface area contributed by atoms with Crippen LogP contribution in [-0.4, -0.2) is 38.1 Å². The molecule has 0 radical (unpaired) electrons. The summed E-state index contributed by atoms with van der Waals surface area (Å²) in [6.45, 7) is 0.473. The van der Waals surface area contributed by atoms with Gasteiger partial charge in [0.05, 0.1) is 0 Å². The zero-order valence-corrected chi connectivity index (χ0v) is 8.42. The normalized spacial score (nSPS) is 10.0. The number of carbonyl (C=O) groups is 1. The van der Waals surface area contributed by atoms with Crippen molar-refractivity contribution >= 4 is 5.91 Å². The van der Waals surface area contributed by atoms with Crippen molar-refractivity contribution in [3.8, 4) is 0 Å². The lowest BCUT2D eigenvalue weighted by molar-refractivity contribution is 0.0954. The first-order chi connectivity index (χ1) is 7.86. The molecular formula is C9H10N6O. The number of rotatable bonds is 4. The van der Waals surface area contributed by atoms with Crippen LogP contribution >= 0.6 is 0 Å². The van der Waals surface area contributed by atoms with Crippen molar-refractivity contribution in [1.82, 2.24) is 30.9 Å². The molecule has 16 heavy (non-hydrogen) atoms. The van der Waals surface area contributed by atoms with Gasteiger partial charge in [0.25, 0.3) is 5.91 Å². The van der Waals surface area contributed by atoms with Crippen LogP contribution in [0.1, 0.15) is 16.2 Å². The van der Waals surface area contributed by atoms with Crippen LogP contribution in [0.2, 0.25) is 0 Å².